The summed E-state index contributed by atoms with van der Waals surface area (Å²) in [7, 11) is 0. The van der Waals surface area contributed by atoms with Crippen LogP contribution in [0, 0.1) is 5.95 Å². The smallest absolute Gasteiger partial charge is 0.396 e. The molecule has 2 atom stereocenters. The zero-order chi connectivity index (χ0) is 19.0. The Balaban J connectivity index is 1.41. The van der Waals surface area contributed by atoms with Gasteiger partial charge in [0.25, 0.3) is 0 Å². The number of aromatic nitrogens is 3. The molecule has 8 nitrogen and oxygen atoms in total. The molecule has 0 spiro atoms. The van der Waals surface area contributed by atoms with Crippen LogP contribution in [0.25, 0.3) is 11.2 Å². The summed E-state index contributed by atoms with van der Waals surface area (Å²) in [5.74, 6) is -0.823. The number of pyridine rings is 1. The number of ether oxygens (including phenoxy) is 1. The van der Waals surface area contributed by atoms with Crippen molar-refractivity contribution in [1.82, 2.24) is 19.9 Å². The minimum atomic E-state index is -0.551. The van der Waals surface area contributed by atoms with Crippen LogP contribution in [0.15, 0.2) is 22.7 Å². The fourth-order valence-corrected chi connectivity index (χ4v) is 4.03. The SMILES string of the molecule is CC(=O)Nc1nc(F)c(CN2CC(Oc3nc4ncccc4o3)CC2C)s1. The van der Waals surface area contributed by atoms with Crippen LogP contribution >= 0.6 is 11.3 Å². The van der Waals surface area contributed by atoms with Gasteiger partial charge in [-0.2, -0.15) is 14.4 Å². The van der Waals surface area contributed by atoms with Crippen molar-refractivity contribution in [3.63, 3.8) is 0 Å². The number of hydrogen-bond acceptors (Lipinski definition) is 8. The van der Waals surface area contributed by atoms with Crippen molar-refractivity contribution in [2.75, 3.05) is 11.9 Å². The van der Waals surface area contributed by atoms with E-state index < -0.39 is 5.95 Å². The number of likely N-dealkylation sites (tertiary alicyclic amines) is 1. The van der Waals surface area contributed by atoms with E-state index in [2.05, 4.69) is 32.1 Å². The Bertz CT molecular complexity index is 942. The van der Waals surface area contributed by atoms with Gasteiger partial charge in [-0.15, -0.1) is 0 Å². The second-order valence-corrected chi connectivity index (χ2v) is 7.56. The maximum absolute atomic E-state index is 14.1. The first-order chi connectivity index (χ1) is 13.0. The molecular weight excluding hydrogens is 373 g/mol. The van der Waals surface area contributed by atoms with Crippen LogP contribution < -0.4 is 10.1 Å². The molecule has 1 amide bonds. The normalized spacial score (nSPS) is 20.3. The predicted octanol–water partition coefficient (Wildman–Crippen LogP) is 2.82. The van der Waals surface area contributed by atoms with Gasteiger partial charge in [-0.25, -0.2) is 4.98 Å². The molecule has 4 rings (SSSR count). The number of rotatable bonds is 5. The van der Waals surface area contributed by atoms with Crippen LogP contribution in [0.4, 0.5) is 9.52 Å². The average molecular weight is 391 g/mol. The van der Waals surface area contributed by atoms with E-state index in [1.807, 2.05) is 0 Å². The third-order valence-electron chi connectivity index (χ3n) is 4.36. The van der Waals surface area contributed by atoms with E-state index in [1.165, 1.54) is 6.92 Å². The van der Waals surface area contributed by atoms with Crippen molar-refractivity contribution in [3.05, 3.63) is 29.2 Å². The first kappa shape index (κ1) is 17.8. The number of oxazole rings is 1. The van der Waals surface area contributed by atoms with E-state index >= 15 is 0 Å². The highest BCUT2D eigenvalue weighted by molar-refractivity contribution is 7.15. The van der Waals surface area contributed by atoms with Gasteiger partial charge in [-0.1, -0.05) is 11.3 Å². The molecule has 142 valence electrons. The highest BCUT2D eigenvalue weighted by atomic mass is 32.1. The van der Waals surface area contributed by atoms with Crippen molar-refractivity contribution in [3.8, 4) is 6.08 Å². The summed E-state index contributed by atoms with van der Waals surface area (Å²) in [6, 6.07) is 3.75. The molecule has 0 radical (unpaired) electrons. The molecule has 0 saturated carbocycles. The van der Waals surface area contributed by atoms with E-state index in [-0.39, 0.29) is 29.3 Å². The Kier molecular flexibility index (Phi) is 4.75. The van der Waals surface area contributed by atoms with Crippen LogP contribution in [-0.2, 0) is 11.3 Å². The lowest BCUT2D eigenvalue weighted by Gasteiger charge is -2.19. The molecule has 4 heterocycles. The number of anilines is 1. The topological polar surface area (TPSA) is 93.4 Å². The number of nitrogens with one attached hydrogen (secondary N) is 1. The fraction of sp³-hybridized carbons (Fsp3) is 0.412. The van der Waals surface area contributed by atoms with E-state index in [1.54, 1.807) is 18.3 Å². The molecule has 0 bridgehead atoms. The van der Waals surface area contributed by atoms with Crippen LogP contribution in [0.5, 0.6) is 6.08 Å². The van der Waals surface area contributed by atoms with E-state index in [0.29, 0.717) is 29.2 Å². The predicted molar refractivity (Wildman–Crippen MR) is 97.1 cm³/mol. The monoisotopic (exact) mass is 391 g/mol. The van der Waals surface area contributed by atoms with Crippen LogP contribution in [0.1, 0.15) is 25.1 Å². The lowest BCUT2D eigenvalue weighted by atomic mass is 10.2. The second-order valence-electron chi connectivity index (χ2n) is 6.47. The van der Waals surface area contributed by atoms with E-state index in [0.717, 1.165) is 17.8 Å². The summed E-state index contributed by atoms with van der Waals surface area (Å²) in [5, 5.41) is 2.79. The number of amides is 1. The van der Waals surface area contributed by atoms with E-state index in [9.17, 15) is 9.18 Å². The largest absolute Gasteiger partial charge is 0.445 e. The van der Waals surface area contributed by atoms with Crippen LogP contribution in [-0.4, -0.2) is 44.4 Å². The highest BCUT2D eigenvalue weighted by Crippen LogP contribution is 2.29. The fourth-order valence-electron chi connectivity index (χ4n) is 3.11. The molecule has 3 aromatic rings. The zero-order valence-electron chi connectivity index (χ0n) is 14.8. The number of hydrogen-bond donors (Lipinski definition) is 1. The number of halogens is 1. The minimum Gasteiger partial charge on any atom is -0.445 e. The number of thiazole rings is 1. The maximum Gasteiger partial charge on any atom is 0.396 e. The van der Waals surface area contributed by atoms with Gasteiger partial charge in [0.1, 0.15) is 6.10 Å². The van der Waals surface area contributed by atoms with Gasteiger partial charge >= 0.3 is 6.08 Å². The highest BCUT2D eigenvalue weighted by Gasteiger charge is 2.32. The Morgan fingerprint density at radius 1 is 1.52 bits per heavy atom. The molecule has 1 N–H and O–H groups in total. The van der Waals surface area contributed by atoms with Gasteiger partial charge in [-0.05, 0) is 19.1 Å². The number of fused-ring (bicyclic) bond motifs is 1. The molecule has 0 aromatic carbocycles. The summed E-state index contributed by atoms with van der Waals surface area (Å²) in [4.78, 5) is 25.8. The third-order valence-corrected chi connectivity index (χ3v) is 5.29. The first-order valence-corrected chi connectivity index (χ1v) is 9.34. The molecule has 0 aliphatic carbocycles. The quantitative estimate of drug-likeness (QED) is 0.715. The van der Waals surface area contributed by atoms with Crippen molar-refractivity contribution in [1.29, 1.82) is 0 Å². The average Bonchev–Trinajstić information content (AvgIpc) is 3.25. The Labute approximate surface area is 158 Å². The number of carbonyl (C=O) groups excluding carboxylic acids is 1. The second kappa shape index (κ2) is 7.20. The summed E-state index contributed by atoms with van der Waals surface area (Å²) >= 11 is 1.15. The van der Waals surface area contributed by atoms with Crippen molar-refractivity contribution in [2.45, 2.75) is 39.0 Å². The lowest BCUT2D eigenvalue weighted by Crippen LogP contribution is -2.28. The number of nitrogens with zero attached hydrogens (tertiary/aromatic N) is 4. The van der Waals surface area contributed by atoms with Gasteiger partial charge < -0.3 is 14.5 Å². The summed E-state index contributed by atoms with van der Waals surface area (Å²) in [6.07, 6.45) is 2.50. The van der Waals surface area contributed by atoms with Crippen LogP contribution in [0.3, 0.4) is 0 Å². The molecule has 27 heavy (non-hydrogen) atoms. The Hall–Kier alpha value is -2.59. The molecule has 1 aliphatic heterocycles. The third kappa shape index (κ3) is 3.91. The molecule has 3 aromatic heterocycles. The maximum atomic E-state index is 14.1. The zero-order valence-corrected chi connectivity index (χ0v) is 15.6. The summed E-state index contributed by atoms with van der Waals surface area (Å²) in [6.45, 7) is 4.44. The molecule has 1 saturated heterocycles. The van der Waals surface area contributed by atoms with Crippen LogP contribution in [0.2, 0.25) is 0 Å². The molecule has 10 heteroatoms. The van der Waals surface area contributed by atoms with Gasteiger partial charge in [0.15, 0.2) is 10.7 Å². The standard InChI is InChI=1S/C17H18FN5O3S/c1-9-6-11(25-17-22-15-12(26-17)4-3-5-19-15)7-23(9)8-13-14(18)21-16(27-13)20-10(2)24/h3-5,9,11H,6-8H2,1-2H3,(H,20,21,24). The van der Waals surface area contributed by atoms with Crippen molar-refractivity contribution < 1.29 is 18.3 Å². The summed E-state index contributed by atoms with van der Waals surface area (Å²) in [5.41, 5.74) is 1.08. The van der Waals surface area contributed by atoms with Gasteiger partial charge in [-0.3, -0.25) is 9.69 Å². The molecule has 1 aliphatic rings. The van der Waals surface area contributed by atoms with Crippen molar-refractivity contribution in [2.24, 2.45) is 0 Å². The lowest BCUT2D eigenvalue weighted by molar-refractivity contribution is -0.114. The van der Waals surface area contributed by atoms with E-state index in [4.69, 9.17) is 9.15 Å². The van der Waals surface area contributed by atoms with Gasteiger partial charge in [0, 0.05) is 38.7 Å². The van der Waals surface area contributed by atoms with Gasteiger partial charge in [0.2, 0.25) is 17.5 Å². The molecule has 2 unspecified atom stereocenters. The van der Waals surface area contributed by atoms with Gasteiger partial charge in [0.05, 0.1) is 4.88 Å². The molecular formula is C17H18FN5O3S. The Morgan fingerprint density at radius 2 is 2.37 bits per heavy atom. The number of carbonyl (C=O) groups is 1. The molecule has 1 fully saturated rings. The van der Waals surface area contributed by atoms with Crippen molar-refractivity contribution >= 4 is 33.6 Å². The first-order valence-electron chi connectivity index (χ1n) is 8.53. The minimum absolute atomic E-state index is 0.112. The summed E-state index contributed by atoms with van der Waals surface area (Å²) < 4.78 is 25.5. The Morgan fingerprint density at radius 3 is 3.15 bits per heavy atom.